The number of aliphatic hydroxyl groups excluding tert-OH is 3. The zero-order valence-corrected chi connectivity index (χ0v) is 45.3. The van der Waals surface area contributed by atoms with Gasteiger partial charge in [-0.15, -0.1) is 0 Å². The maximum Gasteiger partial charge on any atom is 0.472 e. The Kier molecular flexibility index (Phi) is 51.8. The van der Waals surface area contributed by atoms with Gasteiger partial charge in [0.2, 0.25) is 0 Å². The lowest BCUT2D eigenvalue weighted by molar-refractivity contribution is -0.271. The molecule has 0 spiro atoms. The van der Waals surface area contributed by atoms with E-state index in [2.05, 4.69) is 55.9 Å². The van der Waals surface area contributed by atoms with Gasteiger partial charge in [0, 0.05) is 0 Å². The fraction of sp³-hybridized carbons (Fsp3) is 1.00. The number of rotatable bonds is 44. The van der Waals surface area contributed by atoms with Gasteiger partial charge in [-0.3, -0.25) is 4.52 Å². The van der Waals surface area contributed by atoms with E-state index < -0.39 is 38.5 Å². The molecule has 0 aromatic rings. The quantitative estimate of drug-likeness (QED) is 0.0296. The molecule has 0 saturated carbocycles. The first-order valence-corrected chi connectivity index (χ1v) is 29.8. The summed E-state index contributed by atoms with van der Waals surface area (Å²) in [4.78, 5) is 22.5. The van der Waals surface area contributed by atoms with Crippen molar-refractivity contribution >= 4 is 7.82 Å². The highest BCUT2D eigenvalue weighted by molar-refractivity contribution is 7.46. The fourth-order valence-electron chi connectivity index (χ4n) is 8.60. The Labute approximate surface area is 404 Å². The Hall–Kier alpha value is -0.130. The molecule has 65 heavy (non-hydrogen) atoms. The number of hydrogen-bond donors (Lipinski definition) is 5. The molecule has 0 bridgehead atoms. The molecule has 1 saturated heterocycles. The number of unbranched alkanes of at least 4 members (excludes halogenated alkanes) is 30. The number of phosphoric ester groups is 1. The number of aliphatic hydroxyl groups is 3. The van der Waals surface area contributed by atoms with Crippen LogP contribution in [-0.4, -0.2) is 105 Å². The Bertz CT molecular complexity index is 853. The standard InChI is InChI=1S/2C24H51N.C6H13O8P/c2*1-4-7-10-13-16-19-22-25(23-20-17-14-11-8-5-2)24-21-18-15-12-9-6-3;1-2-3(7)4(8)5(9)6(13-2)14-15(10,11)12/h2*4-24H2,1-3H3;2-9H,1H3,(H2,10,11,12)/t;;2-,3+,4+,5-,6+/m..0/s1. The Morgan fingerprint density at radius 2 is 0.585 bits per heavy atom. The molecule has 1 heterocycles. The van der Waals surface area contributed by atoms with Crippen LogP contribution in [0.25, 0.3) is 0 Å². The van der Waals surface area contributed by atoms with Crippen molar-refractivity contribution in [2.45, 2.75) is 310 Å². The topological polar surface area (TPSA) is 143 Å². The summed E-state index contributed by atoms with van der Waals surface area (Å²) in [7, 11) is -4.82. The Balaban J connectivity index is 0. The third-order valence-electron chi connectivity index (χ3n) is 13.0. The second kappa shape index (κ2) is 50.3. The van der Waals surface area contributed by atoms with Gasteiger partial charge < -0.3 is 39.6 Å². The van der Waals surface area contributed by atoms with Crippen LogP contribution in [0.2, 0.25) is 0 Å². The van der Waals surface area contributed by atoms with E-state index in [0.29, 0.717) is 0 Å². The normalized spacial score (nSPS) is 18.8. The summed E-state index contributed by atoms with van der Waals surface area (Å²) in [5, 5.41) is 27.8. The van der Waals surface area contributed by atoms with Crippen LogP contribution >= 0.6 is 7.82 Å². The second-order valence-corrected chi connectivity index (χ2v) is 20.8. The molecule has 1 aliphatic heterocycles. The summed E-state index contributed by atoms with van der Waals surface area (Å²) in [6, 6.07) is 0. The molecule has 0 radical (unpaired) electrons. The average molecular weight is 951 g/mol. The van der Waals surface area contributed by atoms with Crippen molar-refractivity contribution in [3.63, 3.8) is 0 Å². The van der Waals surface area contributed by atoms with Crippen molar-refractivity contribution in [3.8, 4) is 0 Å². The minimum atomic E-state index is -4.82. The predicted octanol–water partition coefficient (Wildman–Crippen LogP) is 14.7. The molecule has 1 fully saturated rings. The molecule has 1 aliphatic rings. The molecule has 5 N–H and O–H groups in total. The van der Waals surface area contributed by atoms with Gasteiger partial charge in [0.25, 0.3) is 0 Å². The van der Waals surface area contributed by atoms with Gasteiger partial charge in [-0.1, -0.05) is 234 Å². The van der Waals surface area contributed by atoms with E-state index in [0.717, 1.165) is 0 Å². The summed E-state index contributed by atoms with van der Waals surface area (Å²) >= 11 is 0. The first kappa shape index (κ1) is 67.0. The van der Waals surface area contributed by atoms with Gasteiger partial charge in [-0.2, -0.15) is 0 Å². The highest BCUT2D eigenvalue weighted by Crippen LogP contribution is 2.40. The summed E-state index contributed by atoms with van der Waals surface area (Å²) < 4.78 is 19.4. The Morgan fingerprint density at radius 1 is 0.369 bits per heavy atom. The van der Waals surface area contributed by atoms with Crippen molar-refractivity contribution in [1.82, 2.24) is 9.80 Å². The van der Waals surface area contributed by atoms with Crippen LogP contribution in [-0.2, 0) is 13.8 Å². The third-order valence-corrected chi connectivity index (χ3v) is 13.5. The molecule has 0 amide bonds. The molecule has 0 aliphatic carbocycles. The monoisotopic (exact) mass is 951 g/mol. The van der Waals surface area contributed by atoms with E-state index in [-0.39, 0.29) is 0 Å². The maximum absolute atomic E-state index is 10.5. The van der Waals surface area contributed by atoms with Crippen LogP contribution < -0.4 is 0 Å². The predicted molar refractivity (Wildman–Crippen MR) is 279 cm³/mol. The summed E-state index contributed by atoms with van der Waals surface area (Å²) in [5.41, 5.74) is 0. The van der Waals surface area contributed by atoms with E-state index in [1.165, 1.54) is 277 Å². The van der Waals surface area contributed by atoms with E-state index in [1.807, 2.05) is 0 Å². The van der Waals surface area contributed by atoms with Crippen molar-refractivity contribution in [2.75, 3.05) is 39.3 Å². The van der Waals surface area contributed by atoms with Crippen molar-refractivity contribution in [1.29, 1.82) is 0 Å². The summed E-state index contributed by atoms with van der Waals surface area (Å²) in [6.07, 6.45) is 44.2. The molecule has 0 aromatic carbocycles. The first-order valence-electron chi connectivity index (χ1n) is 28.3. The first-order chi connectivity index (χ1) is 31.4. The van der Waals surface area contributed by atoms with Crippen LogP contribution in [0.5, 0.6) is 0 Å². The number of phosphoric acid groups is 1. The van der Waals surface area contributed by atoms with Crippen LogP contribution in [0, 0.1) is 0 Å². The van der Waals surface area contributed by atoms with Crippen molar-refractivity contribution in [2.24, 2.45) is 0 Å². The van der Waals surface area contributed by atoms with Gasteiger partial charge in [-0.05, 0) is 84.7 Å². The number of nitrogens with zero attached hydrogens (tertiary/aromatic N) is 2. The van der Waals surface area contributed by atoms with E-state index in [9.17, 15) is 19.9 Å². The average Bonchev–Trinajstić information content (AvgIpc) is 3.28. The zero-order chi connectivity index (χ0) is 48.7. The second-order valence-electron chi connectivity index (χ2n) is 19.6. The molecule has 0 unspecified atom stereocenters. The lowest BCUT2D eigenvalue weighted by Gasteiger charge is -2.38. The number of hydrogen-bond acceptors (Lipinski definition) is 8. The van der Waals surface area contributed by atoms with E-state index >= 15 is 0 Å². The SMILES string of the molecule is CCCCCCCCN(CCCCCCCC)CCCCCCCC.CCCCCCCCN(CCCCCCCC)CCCCCCCC.C[C@@H]1O[C@H](OP(=O)(O)O)[C@@H](O)[C@H](O)[C@@H]1O. The summed E-state index contributed by atoms with van der Waals surface area (Å²) in [5.74, 6) is 0. The molecule has 5 atom stereocenters. The van der Waals surface area contributed by atoms with Crippen LogP contribution in [0.15, 0.2) is 0 Å². The molecule has 1 rings (SSSR count). The molecule has 394 valence electrons. The minimum Gasteiger partial charge on any atom is -0.388 e. The number of ether oxygens (including phenoxy) is 1. The lowest BCUT2D eigenvalue weighted by atomic mass is 10.0. The largest absolute Gasteiger partial charge is 0.472 e. The van der Waals surface area contributed by atoms with Gasteiger partial charge in [0.15, 0.2) is 6.29 Å². The molecule has 10 nitrogen and oxygen atoms in total. The molecule has 0 aromatic heterocycles. The smallest absolute Gasteiger partial charge is 0.388 e. The molecule has 11 heteroatoms. The highest BCUT2D eigenvalue weighted by Gasteiger charge is 2.44. The van der Waals surface area contributed by atoms with Gasteiger partial charge in [0.1, 0.15) is 18.3 Å². The summed E-state index contributed by atoms with van der Waals surface area (Å²) in [6.45, 7) is 23.4. The minimum absolute atomic E-state index is 0.903. The lowest BCUT2D eigenvalue weighted by Crippen LogP contribution is -2.57. The fourth-order valence-corrected chi connectivity index (χ4v) is 9.05. The van der Waals surface area contributed by atoms with Crippen LogP contribution in [0.3, 0.4) is 0 Å². The van der Waals surface area contributed by atoms with Crippen LogP contribution in [0.4, 0.5) is 0 Å². The van der Waals surface area contributed by atoms with Crippen molar-refractivity contribution in [3.05, 3.63) is 0 Å². The zero-order valence-electron chi connectivity index (χ0n) is 44.4. The van der Waals surface area contributed by atoms with Crippen LogP contribution in [0.1, 0.15) is 280 Å². The highest BCUT2D eigenvalue weighted by atomic mass is 31.2. The van der Waals surface area contributed by atoms with Gasteiger partial charge >= 0.3 is 7.82 Å². The molecular weight excluding hydrogens is 836 g/mol. The van der Waals surface area contributed by atoms with E-state index in [4.69, 9.17) is 14.5 Å². The van der Waals surface area contributed by atoms with E-state index in [1.54, 1.807) is 0 Å². The van der Waals surface area contributed by atoms with Gasteiger partial charge in [0.05, 0.1) is 6.10 Å². The third kappa shape index (κ3) is 46.0. The molecular formula is C54H115N2O8P. The van der Waals surface area contributed by atoms with Crippen molar-refractivity contribution < 1.29 is 38.9 Å². The Morgan fingerprint density at radius 3 is 0.800 bits per heavy atom. The maximum atomic E-state index is 10.5. The van der Waals surface area contributed by atoms with Gasteiger partial charge in [-0.25, -0.2) is 4.57 Å².